The van der Waals surface area contributed by atoms with Gasteiger partial charge in [0.05, 0.1) is 10.6 Å². The maximum Gasteiger partial charge on any atom is 0.246 e. The summed E-state index contributed by atoms with van der Waals surface area (Å²) in [7, 11) is -2.01. The molecule has 1 amide bonds. The average molecular weight is 447 g/mol. The van der Waals surface area contributed by atoms with Gasteiger partial charge in [-0.3, -0.25) is 10.0 Å². The maximum atomic E-state index is 11.7. The largest absolute Gasteiger partial charge is 0.286 e. The van der Waals surface area contributed by atoms with Crippen molar-refractivity contribution in [3.63, 3.8) is 0 Å². The van der Waals surface area contributed by atoms with E-state index in [9.17, 15) is 13.2 Å². The smallest absolute Gasteiger partial charge is 0.246 e. The lowest BCUT2D eigenvalue weighted by Gasteiger charge is -2.07. The van der Waals surface area contributed by atoms with Gasteiger partial charge in [-0.1, -0.05) is 41.6 Å². The summed E-state index contributed by atoms with van der Waals surface area (Å²) in [5.74, 6) is 0.626. The highest BCUT2D eigenvalue weighted by atomic mass is 32.2. The van der Waals surface area contributed by atoms with Crippen LogP contribution in [0.3, 0.4) is 0 Å². The fraction of sp³-hybridized carbons (Fsp3) is 0.250. The van der Waals surface area contributed by atoms with E-state index in [0.717, 1.165) is 17.4 Å². The van der Waals surface area contributed by atoms with Crippen LogP contribution in [0.4, 0.5) is 0 Å². The van der Waals surface area contributed by atoms with Gasteiger partial charge in [-0.2, -0.15) is 0 Å². The first kappa shape index (κ1) is 22.0. The lowest BCUT2D eigenvalue weighted by molar-refractivity contribution is -0.158. The minimum atomic E-state index is -3.30. The summed E-state index contributed by atoms with van der Waals surface area (Å²) in [5.41, 5.74) is 2.64. The van der Waals surface area contributed by atoms with Crippen LogP contribution >= 0.6 is 11.8 Å². The minimum absolute atomic E-state index is 0.148. The number of aromatic nitrogens is 3. The second-order valence-electron chi connectivity index (χ2n) is 6.78. The third-order valence-electron chi connectivity index (χ3n) is 4.31. The van der Waals surface area contributed by atoms with Gasteiger partial charge in [0.2, 0.25) is 11.1 Å². The summed E-state index contributed by atoms with van der Waals surface area (Å²) in [6.45, 7) is 1.99. The number of hydrogen-bond acceptors (Lipinski definition) is 7. The number of thioether (sulfide) groups is 1. The van der Waals surface area contributed by atoms with Gasteiger partial charge in [0.1, 0.15) is 0 Å². The maximum absolute atomic E-state index is 11.7. The molecule has 1 heterocycles. The topological polar surface area (TPSA) is 105 Å². The van der Waals surface area contributed by atoms with Crippen LogP contribution in [0.1, 0.15) is 12.0 Å². The molecular formula is C20H22N4O4S2. The van der Waals surface area contributed by atoms with Crippen molar-refractivity contribution in [3.8, 4) is 17.1 Å². The van der Waals surface area contributed by atoms with Crippen molar-refractivity contribution >= 4 is 27.5 Å². The fourth-order valence-corrected chi connectivity index (χ4v) is 4.03. The Labute approximate surface area is 179 Å². The molecule has 10 heteroatoms. The van der Waals surface area contributed by atoms with Crippen LogP contribution in [0.15, 0.2) is 58.6 Å². The van der Waals surface area contributed by atoms with Gasteiger partial charge >= 0.3 is 0 Å². The Kier molecular flexibility index (Phi) is 6.59. The Balaban J connectivity index is 1.94. The number of sulfone groups is 1. The van der Waals surface area contributed by atoms with E-state index in [1.54, 1.807) is 16.8 Å². The van der Waals surface area contributed by atoms with Gasteiger partial charge in [-0.25, -0.2) is 23.1 Å². The van der Waals surface area contributed by atoms with Crippen molar-refractivity contribution in [2.45, 2.75) is 23.4 Å². The first-order chi connectivity index (χ1) is 14.1. The molecule has 0 saturated heterocycles. The van der Waals surface area contributed by atoms with Crippen LogP contribution in [-0.4, -0.2) is 58.4 Å². The highest BCUT2D eigenvalue weighted by Gasteiger charge is 2.16. The number of carbonyl (C=O) groups excluding carboxylic acids is 1. The van der Waals surface area contributed by atoms with E-state index in [-0.39, 0.29) is 11.3 Å². The first-order valence-electron chi connectivity index (χ1n) is 9.08. The molecule has 0 aliphatic heterocycles. The van der Waals surface area contributed by atoms with Crippen LogP contribution < -0.4 is 0 Å². The normalized spacial score (nSPS) is 11.5. The first-order valence-corrected chi connectivity index (χ1v) is 12.0. The number of nitrogens with zero attached hydrogens (tertiary/aromatic N) is 4. The fourth-order valence-electron chi connectivity index (χ4n) is 2.65. The minimum Gasteiger partial charge on any atom is -0.286 e. The predicted octanol–water partition coefficient (Wildman–Crippen LogP) is 2.98. The summed E-state index contributed by atoms with van der Waals surface area (Å²) in [5, 5.41) is 14.7. The van der Waals surface area contributed by atoms with Gasteiger partial charge in [0.15, 0.2) is 15.7 Å². The molecule has 1 N–H and O–H groups in total. The molecule has 0 bridgehead atoms. The molecule has 3 aromatic rings. The molecule has 0 spiro atoms. The average Bonchev–Trinajstić information content (AvgIpc) is 3.12. The molecule has 0 saturated carbocycles. The Morgan fingerprint density at radius 3 is 2.33 bits per heavy atom. The third kappa shape index (κ3) is 5.26. The van der Waals surface area contributed by atoms with Crippen LogP contribution in [0.2, 0.25) is 0 Å². The van der Waals surface area contributed by atoms with Gasteiger partial charge in [-0.05, 0) is 31.2 Å². The summed E-state index contributed by atoms with van der Waals surface area (Å²) in [4.78, 5) is 16.4. The summed E-state index contributed by atoms with van der Waals surface area (Å²) < 4.78 is 25.1. The van der Waals surface area contributed by atoms with Crippen LogP contribution in [0.5, 0.6) is 0 Å². The van der Waals surface area contributed by atoms with Crippen LogP contribution in [0.25, 0.3) is 17.1 Å². The monoisotopic (exact) mass is 446 g/mol. The van der Waals surface area contributed by atoms with Gasteiger partial charge in [-0.15, -0.1) is 5.10 Å². The summed E-state index contributed by atoms with van der Waals surface area (Å²) >= 11 is 1.30. The molecule has 3 rings (SSSR count). The number of amides is 1. The quantitative estimate of drug-likeness (QED) is 0.338. The number of hydroxylamine groups is 2. The molecule has 0 atom stereocenters. The Hall–Kier alpha value is -2.69. The molecule has 2 aromatic carbocycles. The molecular weight excluding hydrogens is 424 g/mol. The van der Waals surface area contributed by atoms with Gasteiger partial charge < -0.3 is 0 Å². The van der Waals surface area contributed by atoms with Crippen molar-refractivity contribution in [3.05, 3.63) is 54.1 Å². The molecule has 30 heavy (non-hydrogen) atoms. The van der Waals surface area contributed by atoms with Crippen molar-refractivity contribution in [1.82, 2.24) is 19.8 Å². The number of hydrogen-bond donors (Lipinski definition) is 1. The molecule has 158 valence electrons. The third-order valence-corrected chi connectivity index (χ3v) is 6.28. The van der Waals surface area contributed by atoms with Crippen molar-refractivity contribution < 1.29 is 18.4 Å². The van der Waals surface area contributed by atoms with Crippen molar-refractivity contribution in [2.75, 3.05) is 19.1 Å². The van der Waals surface area contributed by atoms with E-state index in [0.29, 0.717) is 27.5 Å². The lowest BCUT2D eigenvalue weighted by atomic mass is 10.1. The Bertz CT molecular complexity index is 1140. The second-order valence-corrected chi connectivity index (χ2v) is 9.86. The van der Waals surface area contributed by atoms with E-state index in [1.807, 2.05) is 31.2 Å². The Morgan fingerprint density at radius 1 is 1.13 bits per heavy atom. The molecule has 0 aliphatic carbocycles. The van der Waals surface area contributed by atoms with Crippen molar-refractivity contribution in [1.29, 1.82) is 0 Å². The molecule has 0 radical (unpaired) electrons. The number of aryl methyl sites for hydroxylation is 1. The zero-order chi connectivity index (χ0) is 21.9. The highest BCUT2D eigenvalue weighted by Crippen LogP contribution is 2.26. The molecule has 8 nitrogen and oxygen atoms in total. The number of carbonyl (C=O) groups is 1. The van der Waals surface area contributed by atoms with Crippen molar-refractivity contribution in [2.24, 2.45) is 0 Å². The van der Waals surface area contributed by atoms with E-state index in [4.69, 9.17) is 5.21 Å². The summed E-state index contributed by atoms with van der Waals surface area (Å²) in [6.07, 6.45) is 1.31. The SMILES string of the molecule is Cc1ccc(-c2nc(SCCC(=O)N(C)O)nn2-c2ccc(S(C)(=O)=O)cc2)cc1. The number of rotatable bonds is 7. The van der Waals surface area contributed by atoms with Gasteiger partial charge in [0, 0.05) is 31.0 Å². The zero-order valence-corrected chi connectivity index (χ0v) is 18.4. The van der Waals surface area contributed by atoms with Crippen LogP contribution in [0, 0.1) is 6.92 Å². The molecule has 0 unspecified atom stereocenters. The van der Waals surface area contributed by atoms with E-state index >= 15 is 0 Å². The zero-order valence-electron chi connectivity index (χ0n) is 16.8. The van der Waals surface area contributed by atoms with E-state index in [2.05, 4.69) is 10.1 Å². The Morgan fingerprint density at radius 2 is 1.77 bits per heavy atom. The van der Waals surface area contributed by atoms with E-state index in [1.165, 1.54) is 30.9 Å². The number of benzene rings is 2. The predicted molar refractivity (Wildman–Crippen MR) is 115 cm³/mol. The van der Waals surface area contributed by atoms with Crippen LogP contribution in [-0.2, 0) is 14.6 Å². The molecule has 0 aliphatic rings. The lowest BCUT2D eigenvalue weighted by Crippen LogP contribution is -2.22. The van der Waals surface area contributed by atoms with E-state index < -0.39 is 15.7 Å². The molecule has 0 fully saturated rings. The highest BCUT2D eigenvalue weighted by molar-refractivity contribution is 7.99. The molecule has 1 aromatic heterocycles. The standard InChI is InChI=1S/C20H22N4O4S2/c1-14-4-6-15(7-5-14)19-21-20(29-13-12-18(25)23(2)26)22-24(19)16-8-10-17(11-9-16)30(3,27)28/h4-11,26H,12-13H2,1-3H3. The van der Waals surface area contributed by atoms with Gasteiger partial charge in [0.25, 0.3) is 0 Å². The summed E-state index contributed by atoms with van der Waals surface area (Å²) in [6, 6.07) is 14.3. The second kappa shape index (κ2) is 8.99.